The zero-order chi connectivity index (χ0) is 21.9. The Labute approximate surface area is 172 Å². The number of aromatic nitrogens is 4. The molecule has 0 spiro atoms. The molecule has 3 heterocycles. The second-order valence-corrected chi connectivity index (χ2v) is 8.59. The molecule has 2 aromatic rings. The third-order valence-corrected chi connectivity index (χ3v) is 5.60. The number of nitrogens with zero attached hydrogens (tertiary/aromatic N) is 4. The molecule has 0 radical (unpaired) electrons. The molecule has 30 heavy (non-hydrogen) atoms. The molecule has 6 atom stereocenters. The zero-order valence-electron chi connectivity index (χ0n) is 16.3. The van der Waals surface area contributed by atoms with Crippen LogP contribution in [0.3, 0.4) is 0 Å². The number of hydrogen-bond donors (Lipinski definition) is 6. The predicted octanol–water partition coefficient (Wildman–Crippen LogP) is -0.619. The largest absolute Gasteiger partial charge is 0.400 e. The number of rotatable bonds is 10. The fourth-order valence-electron chi connectivity index (χ4n) is 3.59. The summed E-state index contributed by atoms with van der Waals surface area (Å²) in [5, 5.41) is 21.2. The number of unbranched alkanes of at least 4 members (excludes halogenated alkanes) is 3. The van der Waals surface area contributed by atoms with Crippen molar-refractivity contribution in [2.75, 3.05) is 12.3 Å². The highest BCUT2D eigenvalue weighted by atomic mass is 31.2. The van der Waals surface area contributed by atoms with Gasteiger partial charge in [0.05, 0.1) is 12.4 Å². The third kappa shape index (κ3) is 5.13. The Morgan fingerprint density at radius 2 is 1.93 bits per heavy atom. The normalized spacial score (nSPS) is 27.4. The van der Waals surface area contributed by atoms with Crippen molar-refractivity contribution < 1.29 is 28.9 Å². The van der Waals surface area contributed by atoms with Crippen LogP contribution in [0.2, 0.25) is 0 Å². The van der Waals surface area contributed by atoms with Gasteiger partial charge in [0, 0.05) is 0 Å². The predicted molar refractivity (Wildman–Crippen MR) is 107 cm³/mol. The van der Waals surface area contributed by atoms with Gasteiger partial charge in [-0.05, 0) is 19.4 Å². The molecule has 0 aromatic carbocycles. The van der Waals surface area contributed by atoms with Gasteiger partial charge in [-0.1, -0.05) is 19.3 Å². The highest BCUT2D eigenvalue weighted by Gasteiger charge is 2.49. The summed E-state index contributed by atoms with van der Waals surface area (Å²) >= 11 is 0. The number of nitrogens with two attached hydrogens (primary N) is 3. The van der Waals surface area contributed by atoms with Crippen molar-refractivity contribution in [3.63, 3.8) is 0 Å². The number of hydrogen-bond acceptors (Lipinski definition) is 10. The summed E-state index contributed by atoms with van der Waals surface area (Å²) in [6.45, 7) is 0.583. The lowest BCUT2D eigenvalue weighted by Gasteiger charge is -2.26. The highest BCUT2D eigenvalue weighted by molar-refractivity contribution is 7.50. The first kappa shape index (κ1) is 23.0. The zero-order valence-corrected chi connectivity index (χ0v) is 17.2. The lowest BCUT2D eigenvalue weighted by molar-refractivity contribution is -0.0799. The highest BCUT2D eigenvalue weighted by Crippen LogP contribution is 2.41. The van der Waals surface area contributed by atoms with Gasteiger partial charge in [0.15, 0.2) is 17.7 Å². The summed E-state index contributed by atoms with van der Waals surface area (Å²) in [7, 11) is -4.36. The van der Waals surface area contributed by atoms with Crippen molar-refractivity contribution in [2.24, 2.45) is 11.2 Å². The second kappa shape index (κ2) is 9.62. The van der Waals surface area contributed by atoms with E-state index in [2.05, 4.69) is 15.0 Å². The van der Waals surface area contributed by atoms with E-state index in [-0.39, 0.29) is 5.82 Å². The van der Waals surface area contributed by atoms with Gasteiger partial charge in [-0.25, -0.2) is 25.0 Å². The average Bonchev–Trinajstić information content (AvgIpc) is 3.23. The molecule has 1 aliphatic heterocycles. The van der Waals surface area contributed by atoms with Gasteiger partial charge >= 0.3 is 7.75 Å². The maximum atomic E-state index is 11.7. The van der Waals surface area contributed by atoms with E-state index >= 15 is 0 Å². The van der Waals surface area contributed by atoms with Gasteiger partial charge in [-0.15, -0.1) is 0 Å². The summed E-state index contributed by atoms with van der Waals surface area (Å²) in [4.78, 5) is 21.6. The van der Waals surface area contributed by atoms with Crippen molar-refractivity contribution in [1.29, 1.82) is 0 Å². The molecule has 0 aliphatic carbocycles. The number of nitrogen functional groups attached to an aromatic ring is 1. The molecule has 0 bridgehead atoms. The third-order valence-electron chi connectivity index (χ3n) is 5.03. The van der Waals surface area contributed by atoms with Crippen molar-refractivity contribution in [3.05, 3.63) is 12.7 Å². The van der Waals surface area contributed by atoms with E-state index < -0.39 is 38.4 Å². The molecular weight excluding hydrogens is 417 g/mol. The van der Waals surface area contributed by atoms with Gasteiger partial charge in [0.25, 0.3) is 0 Å². The van der Waals surface area contributed by atoms with Crippen LogP contribution in [0.25, 0.3) is 11.2 Å². The SMILES string of the molecule is NCCCCCCC(OP(N)(=O)O)[C@H]1O[C@@H](n2cnc3c(N)ncnc32)[C@H](O)[C@@H]1O. The average molecular weight is 445 g/mol. The van der Waals surface area contributed by atoms with Gasteiger partial charge in [0.1, 0.15) is 30.2 Å². The van der Waals surface area contributed by atoms with Crippen LogP contribution in [-0.2, 0) is 13.8 Å². The Balaban J connectivity index is 1.79. The molecule has 0 amide bonds. The van der Waals surface area contributed by atoms with E-state index in [1.54, 1.807) is 0 Å². The van der Waals surface area contributed by atoms with E-state index in [9.17, 15) is 19.7 Å². The Bertz CT molecular complexity index is 892. The Hall–Kier alpha value is -1.70. The molecule has 14 heteroatoms. The fraction of sp³-hybridized carbons (Fsp3) is 0.688. The number of anilines is 1. The summed E-state index contributed by atoms with van der Waals surface area (Å²) in [6, 6.07) is 0. The first-order chi connectivity index (χ1) is 14.2. The van der Waals surface area contributed by atoms with Crippen LogP contribution >= 0.6 is 7.75 Å². The van der Waals surface area contributed by atoms with E-state index in [4.69, 9.17) is 26.2 Å². The monoisotopic (exact) mass is 445 g/mol. The molecule has 13 nitrogen and oxygen atoms in total. The van der Waals surface area contributed by atoms with Crippen LogP contribution < -0.4 is 17.0 Å². The second-order valence-electron chi connectivity index (χ2n) is 7.25. The van der Waals surface area contributed by atoms with E-state index in [0.717, 1.165) is 19.3 Å². The van der Waals surface area contributed by atoms with Gasteiger partial charge < -0.3 is 31.3 Å². The molecule has 168 valence electrons. The molecule has 9 N–H and O–H groups in total. The molecule has 1 fully saturated rings. The molecule has 2 aromatic heterocycles. The number of ether oxygens (including phenoxy) is 1. The first-order valence-electron chi connectivity index (χ1n) is 9.67. The molecule has 1 aliphatic rings. The summed E-state index contributed by atoms with van der Waals surface area (Å²) < 4.78 is 24.1. The number of aliphatic hydroxyl groups excluding tert-OH is 2. The van der Waals surface area contributed by atoms with E-state index in [1.807, 2.05) is 0 Å². The van der Waals surface area contributed by atoms with Crippen LogP contribution in [0.4, 0.5) is 5.82 Å². The molecule has 3 rings (SSSR count). The number of imidazole rings is 1. The number of aliphatic hydroxyl groups is 2. The maximum absolute atomic E-state index is 11.7. The van der Waals surface area contributed by atoms with Crippen molar-refractivity contribution in [3.8, 4) is 0 Å². The van der Waals surface area contributed by atoms with Crippen LogP contribution in [0.1, 0.15) is 38.3 Å². The Kier molecular flexibility index (Phi) is 7.37. The lowest BCUT2D eigenvalue weighted by Crippen LogP contribution is -2.40. The van der Waals surface area contributed by atoms with Gasteiger partial charge in [-0.3, -0.25) is 9.09 Å². The molecule has 0 saturated carbocycles. The minimum Gasteiger partial charge on any atom is -0.387 e. The van der Waals surface area contributed by atoms with Crippen molar-refractivity contribution in [2.45, 2.75) is 62.7 Å². The van der Waals surface area contributed by atoms with Crippen molar-refractivity contribution in [1.82, 2.24) is 19.5 Å². The smallest absolute Gasteiger partial charge is 0.387 e. The van der Waals surface area contributed by atoms with Crippen LogP contribution in [0.5, 0.6) is 0 Å². The standard InChI is InChI=1S/C16H28N7O6P/c17-6-4-2-1-3-5-9(29-30(19,26)27)13-11(24)12(25)16(28-13)23-8-22-10-14(18)20-7-21-15(10)23/h7-9,11-13,16,24-25H,1-6,17H2,(H2,18,20,21)(H3,19,26,27)/t9?,11-,12+,13+,16+/m0/s1. The molecule has 1 saturated heterocycles. The topological polar surface area (TPSA) is 218 Å². The fourth-order valence-corrected chi connectivity index (χ4v) is 4.21. The first-order valence-corrected chi connectivity index (χ1v) is 11.3. The van der Waals surface area contributed by atoms with E-state index in [0.29, 0.717) is 30.6 Å². The van der Waals surface area contributed by atoms with Crippen molar-refractivity contribution >= 4 is 24.7 Å². The lowest BCUT2D eigenvalue weighted by atomic mass is 10.0. The quantitative estimate of drug-likeness (QED) is 0.199. The van der Waals surface area contributed by atoms with Crippen LogP contribution in [0.15, 0.2) is 12.7 Å². The Morgan fingerprint density at radius 3 is 2.63 bits per heavy atom. The van der Waals surface area contributed by atoms with Crippen LogP contribution in [-0.4, -0.2) is 65.6 Å². The number of fused-ring (bicyclic) bond motifs is 1. The summed E-state index contributed by atoms with van der Waals surface area (Å²) in [5.41, 5.74) is 17.1. The molecule has 2 unspecified atom stereocenters. The van der Waals surface area contributed by atoms with E-state index in [1.165, 1.54) is 17.2 Å². The molecular formula is C16H28N7O6P. The summed E-state index contributed by atoms with van der Waals surface area (Å²) in [5.74, 6) is 0.159. The summed E-state index contributed by atoms with van der Waals surface area (Å²) in [6.07, 6.45) is 0.173. The minimum absolute atomic E-state index is 0.159. The Morgan fingerprint density at radius 1 is 1.20 bits per heavy atom. The maximum Gasteiger partial charge on any atom is 0.400 e. The minimum atomic E-state index is -4.36. The van der Waals surface area contributed by atoms with Gasteiger partial charge in [-0.2, -0.15) is 0 Å². The van der Waals surface area contributed by atoms with Gasteiger partial charge in [0.2, 0.25) is 0 Å². The van der Waals surface area contributed by atoms with Crippen LogP contribution in [0, 0.1) is 0 Å².